The fraction of sp³-hybridized carbons (Fsp3) is 0.500. The number of hydrogen-bond donors (Lipinski definition) is 7. The van der Waals surface area contributed by atoms with Crippen molar-refractivity contribution in [3.05, 3.63) is 24.3 Å². The summed E-state index contributed by atoms with van der Waals surface area (Å²) in [7, 11) is 0. The van der Waals surface area contributed by atoms with Gasteiger partial charge in [0, 0.05) is 0 Å². The van der Waals surface area contributed by atoms with E-state index in [1.165, 1.54) is 0 Å². The fourth-order valence-electron chi connectivity index (χ4n) is 1.57. The molecule has 0 amide bonds. The van der Waals surface area contributed by atoms with Crippen molar-refractivity contribution < 1.29 is 30.3 Å². The number of benzene rings is 1. The van der Waals surface area contributed by atoms with Gasteiger partial charge in [-0.05, 0) is 12.1 Å². The van der Waals surface area contributed by atoms with Gasteiger partial charge in [0.1, 0.15) is 35.6 Å². The van der Waals surface area contributed by atoms with E-state index in [2.05, 4.69) is 12.6 Å². The number of nitrogens with two attached hydrogens (primary N) is 1. The molecular formula is C12H19NO6S. The highest BCUT2D eigenvalue weighted by Gasteiger charge is 2.41. The van der Waals surface area contributed by atoms with E-state index in [4.69, 9.17) is 25.8 Å². The third-order valence-electron chi connectivity index (χ3n) is 2.80. The van der Waals surface area contributed by atoms with Crippen LogP contribution < -0.4 is 5.73 Å². The number of anilines is 1. The van der Waals surface area contributed by atoms with Crippen molar-refractivity contribution >= 4 is 18.3 Å². The molecule has 7 N–H and O–H groups in total. The second-order valence-corrected chi connectivity index (χ2v) is 4.79. The summed E-state index contributed by atoms with van der Waals surface area (Å²) in [5, 5.41) is 45.0. The Bertz CT molecular complexity index is 395. The highest BCUT2D eigenvalue weighted by molar-refractivity contribution is 7.80. The Morgan fingerprint density at radius 3 is 2.15 bits per heavy atom. The minimum Gasteiger partial charge on any atom is -0.506 e. The molecular weight excluding hydrogens is 286 g/mol. The summed E-state index contributed by atoms with van der Waals surface area (Å²) >= 11 is 3.81. The van der Waals surface area contributed by atoms with E-state index in [0.29, 0.717) is 5.69 Å². The van der Waals surface area contributed by atoms with Crippen LogP contribution in [0.2, 0.25) is 0 Å². The Morgan fingerprint density at radius 1 is 1.10 bits per heavy atom. The van der Waals surface area contributed by atoms with Crippen LogP contribution in [0.5, 0.6) is 5.75 Å². The minimum absolute atomic E-state index is 0.146. The van der Waals surface area contributed by atoms with Crippen LogP contribution in [0.25, 0.3) is 0 Å². The number of hydrogen-bond acceptors (Lipinski definition) is 8. The maximum absolute atomic E-state index is 9.20. The number of ether oxygens (including phenoxy) is 1. The average molecular weight is 305 g/mol. The Hall–Kier alpha value is -1.03. The summed E-state index contributed by atoms with van der Waals surface area (Å²) < 4.78 is 4.88. The molecule has 2 rings (SSSR count). The zero-order valence-corrected chi connectivity index (χ0v) is 11.5. The van der Waals surface area contributed by atoms with E-state index in [9.17, 15) is 10.2 Å². The van der Waals surface area contributed by atoms with Gasteiger partial charge in [0.2, 0.25) is 0 Å². The Labute approximate surface area is 121 Å². The van der Waals surface area contributed by atoms with E-state index in [0.717, 1.165) is 0 Å². The van der Waals surface area contributed by atoms with Gasteiger partial charge in [-0.25, -0.2) is 0 Å². The largest absolute Gasteiger partial charge is 0.506 e. The summed E-state index contributed by atoms with van der Waals surface area (Å²) in [5.41, 5.74) is 4.82. The zero-order chi connectivity index (χ0) is 15.3. The maximum Gasteiger partial charge on any atom is 0.138 e. The molecule has 0 radical (unpaired) electrons. The van der Waals surface area contributed by atoms with Gasteiger partial charge in [-0.2, -0.15) is 0 Å². The van der Waals surface area contributed by atoms with Gasteiger partial charge < -0.3 is 36.0 Å². The zero-order valence-electron chi connectivity index (χ0n) is 10.6. The molecule has 1 fully saturated rings. The highest BCUT2D eigenvalue weighted by Crippen LogP contribution is 2.22. The topological polar surface area (TPSA) is 136 Å². The molecule has 8 heteroatoms. The van der Waals surface area contributed by atoms with Crippen LogP contribution in [-0.2, 0) is 4.74 Å². The second-order valence-electron chi connectivity index (χ2n) is 4.28. The van der Waals surface area contributed by atoms with Crippen LogP contribution in [-0.4, -0.2) is 62.0 Å². The number of nitrogen functional groups attached to an aromatic ring is 1. The fourth-order valence-corrected chi connectivity index (χ4v) is 1.90. The Kier molecular flexibility index (Phi) is 6.53. The van der Waals surface area contributed by atoms with Crippen LogP contribution in [0.1, 0.15) is 0 Å². The first-order chi connectivity index (χ1) is 9.38. The predicted molar refractivity (Wildman–Crippen MR) is 75.3 cm³/mol. The molecule has 20 heavy (non-hydrogen) atoms. The van der Waals surface area contributed by atoms with E-state index in [-0.39, 0.29) is 5.75 Å². The average Bonchev–Trinajstić information content (AvgIpc) is 2.44. The van der Waals surface area contributed by atoms with Crippen LogP contribution in [0.3, 0.4) is 0 Å². The third kappa shape index (κ3) is 4.23. The first-order valence-electron chi connectivity index (χ1n) is 5.90. The Morgan fingerprint density at radius 2 is 1.70 bits per heavy atom. The summed E-state index contributed by atoms with van der Waals surface area (Å²) in [5.74, 6) is 0.146. The number of phenols is 1. The molecule has 5 atom stereocenters. The lowest BCUT2D eigenvalue weighted by molar-refractivity contribution is -0.205. The first-order valence-corrected chi connectivity index (χ1v) is 6.42. The number of aliphatic hydroxyl groups excluding tert-OH is 4. The monoisotopic (exact) mass is 305 g/mol. The smallest absolute Gasteiger partial charge is 0.138 e. The number of phenolic OH excluding ortho intramolecular Hbond substituents is 1. The number of aromatic hydroxyl groups is 1. The van der Waals surface area contributed by atoms with Gasteiger partial charge in [0.15, 0.2) is 0 Å². The van der Waals surface area contributed by atoms with Crippen molar-refractivity contribution in [1.29, 1.82) is 0 Å². The standard InChI is InChI=1S/C6H7NO.C6H12O5S/c7-5-3-1-2-4-6(5)8;7-1-2-3(8)4(9)5(10)6(12)11-2/h1-4,8H,7H2;2-10,12H,1H2/t;2-,3+,4+,5-,6+/m.1/s1. The normalized spacial score (nSPS) is 33.1. The van der Waals surface area contributed by atoms with Crippen LogP contribution >= 0.6 is 12.6 Å². The van der Waals surface area contributed by atoms with Crippen molar-refractivity contribution in [1.82, 2.24) is 0 Å². The van der Waals surface area contributed by atoms with Gasteiger partial charge in [-0.15, -0.1) is 12.6 Å². The van der Waals surface area contributed by atoms with Crippen molar-refractivity contribution in [2.45, 2.75) is 29.9 Å². The quantitative estimate of drug-likeness (QED) is 0.194. The van der Waals surface area contributed by atoms with Gasteiger partial charge in [-0.3, -0.25) is 0 Å². The molecule has 1 saturated heterocycles. The van der Waals surface area contributed by atoms with Gasteiger partial charge in [-0.1, -0.05) is 12.1 Å². The number of rotatable bonds is 1. The molecule has 1 aliphatic heterocycles. The maximum atomic E-state index is 9.20. The molecule has 0 spiro atoms. The molecule has 0 aliphatic carbocycles. The predicted octanol–water partition coefficient (Wildman–Crippen LogP) is -1.31. The van der Waals surface area contributed by atoms with E-state index in [1.54, 1.807) is 24.3 Å². The van der Waals surface area contributed by atoms with Crippen molar-refractivity contribution in [2.75, 3.05) is 12.3 Å². The first kappa shape index (κ1) is 17.0. The lowest BCUT2D eigenvalue weighted by Crippen LogP contribution is -2.56. The third-order valence-corrected chi connectivity index (χ3v) is 3.23. The molecule has 1 heterocycles. The summed E-state index contributed by atoms with van der Waals surface area (Å²) in [6, 6.07) is 6.70. The Balaban J connectivity index is 0.000000217. The lowest BCUT2D eigenvalue weighted by Gasteiger charge is -2.37. The van der Waals surface area contributed by atoms with Gasteiger partial charge in [0.05, 0.1) is 12.3 Å². The SMILES string of the molecule is Nc1ccccc1O.OC[C@H]1O[C@@H](S)[C@H](O)[C@@H](O)[C@H]1O. The molecule has 114 valence electrons. The number of thiol groups is 1. The highest BCUT2D eigenvalue weighted by atomic mass is 32.1. The minimum atomic E-state index is -1.32. The number of aliphatic hydroxyl groups is 4. The van der Waals surface area contributed by atoms with Crippen molar-refractivity contribution in [3.63, 3.8) is 0 Å². The molecule has 7 nitrogen and oxygen atoms in total. The van der Waals surface area contributed by atoms with E-state index >= 15 is 0 Å². The van der Waals surface area contributed by atoms with Crippen molar-refractivity contribution in [3.8, 4) is 5.75 Å². The molecule has 0 bridgehead atoms. The van der Waals surface area contributed by atoms with E-state index in [1.807, 2.05) is 0 Å². The van der Waals surface area contributed by atoms with Crippen LogP contribution in [0, 0.1) is 0 Å². The molecule has 1 aromatic carbocycles. The summed E-state index contributed by atoms with van der Waals surface area (Å²) in [6.45, 7) is -0.415. The van der Waals surface area contributed by atoms with Crippen LogP contribution in [0.4, 0.5) is 5.69 Å². The molecule has 0 aromatic heterocycles. The van der Waals surface area contributed by atoms with Gasteiger partial charge >= 0.3 is 0 Å². The van der Waals surface area contributed by atoms with E-state index < -0.39 is 36.5 Å². The van der Waals surface area contributed by atoms with Crippen molar-refractivity contribution in [2.24, 2.45) is 0 Å². The summed E-state index contributed by atoms with van der Waals surface area (Å²) in [6.07, 6.45) is -4.70. The number of para-hydroxylation sites is 2. The molecule has 1 aromatic rings. The molecule has 0 saturated carbocycles. The van der Waals surface area contributed by atoms with Gasteiger partial charge in [0.25, 0.3) is 0 Å². The molecule has 1 aliphatic rings. The molecule has 0 unspecified atom stereocenters. The summed E-state index contributed by atoms with van der Waals surface area (Å²) in [4.78, 5) is 0. The van der Waals surface area contributed by atoms with Crippen LogP contribution in [0.15, 0.2) is 24.3 Å². The lowest BCUT2D eigenvalue weighted by atomic mass is 10.0. The second kappa shape index (κ2) is 7.67.